The van der Waals surface area contributed by atoms with Crippen molar-refractivity contribution in [3.8, 4) is 17.2 Å². The first-order valence-corrected chi connectivity index (χ1v) is 11.3. The quantitative estimate of drug-likeness (QED) is 0.447. The lowest BCUT2D eigenvalue weighted by Crippen LogP contribution is -2.38. The molecule has 1 aliphatic rings. The number of likely N-dealkylation sites (N-methyl/N-ethyl adjacent to an activating group) is 1. The van der Waals surface area contributed by atoms with Crippen molar-refractivity contribution >= 4 is 22.9 Å². The number of rotatable bonds is 9. The number of anilines is 1. The van der Waals surface area contributed by atoms with Crippen LogP contribution in [0.3, 0.4) is 0 Å². The predicted molar refractivity (Wildman–Crippen MR) is 122 cm³/mol. The van der Waals surface area contributed by atoms with Crippen molar-refractivity contribution < 1.29 is 27.8 Å². The number of fused-ring (bicyclic) bond motifs is 1. The molecule has 174 valence electrons. The van der Waals surface area contributed by atoms with Crippen molar-refractivity contribution in [2.24, 2.45) is 0 Å². The second kappa shape index (κ2) is 10.6. The molecule has 0 N–H and O–H groups in total. The highest BCUT2D eigenvalue weighted by molar-refractivity contribution is 7.09. The van der Waals surface area contributed by atoms with Gasteiger partial charge in [-0.15, -0.1) is 11.3 Å². The minimum atomic E-state index is -2.86. The van der Waals surface area contributed by atoms with Crippen LogP contribution in [0.4, 0.5) is 14.5 Å². The number of thiophene rings is 1. The van der Waals surface area contributed by atoms with Gasteiger partial charge < -0.3 is 19.1 Å². The summed E-state index contributed by atoms with van der Waals surface area (Å²) in [6, 6.07) is 15.9. The number of alkyl halides is 2. The van der Waals surface area contributed by atoms with Gasteiger partial charge in [0.25, 0.3) is 0 Å². The molecule has 1 aromatic heterocycles. The van der Waals surface area contributed by atoms with Gasteiger partial charge in [0.1, 0.15) is 19.0 Å². The molecule has 6 nitrogen and oxygen atoms in total. The Morgan fingerprint density at radius 3 is 2.52 bits per heavy atom. The van der Waals surface area contributed by atoms with Gasteiger partial charge in [0.15, 0.2) is 11.5 Å². The Hall–Kier alpha value is -3.17. The van der Waals surface area contributed by atoms with Crippen LogP contribution in [0, 0.1) is 0 Å². The Morgan fingerprint density at radius 1 is 1.06 bits per heavy atom. The molecule has 0 spiro atoms. The Bertz CT molecular complexity index is 1060. The van der Waals surface area contributed by atoms with Gasteiger partial charge in [-0.25, -0.2) is 0 Å². The maximum absolute atomic E-state index is 13.3. The minimum absolute atomic E-state index is 0.0692. The van der Waals surface area contributed by atoms with Crippen LogP contribution in [0.15, 0.2) is 60.0 Å². The average Bonchev–Trinajstić information content (AvgIpc) is 3.31. The molecule has 0 radical (unpaired) electrons. The van der Waals surface area contributed by atoms with E-state index in [2.05, 4.69) is 4.74 Å². The van der Waals surface area contributed by atoms with Crippen LogP contribution in [0.2, 0.25) is 0 Å². The fourth-order valence-electron chi connectivity index (χ4n) is 3.54. The fraction of sp³-hybridized carbons (Fsp3) is 0.292. The Kier molecular flexibility index (Phi) is 7.41. The maximum Gasteiger partial charge on any atom is 0.387 e. The van der Waals surface area contributed by atoms with Gasteiger partial charge in [-0.1, -0.05) is 18.2 Å². The van der Waals surface area contributed by atoms with E-state index in [0.717, 1.165) is 16.1 Å². The zero-order valence-electron chi connectivity index (χ0n) is 18.1. The van der Waals surface area contributed by atoms with Crippen LogP contribution in [0.1, 0.15) is 10.4 Å². The monoisotopic (exact) mass is 474 g/mol. The van der Waals surface area contributed by atoms with E-state index in [1.807, 2.05) is 47.7 Å². The Balaban J connectivity index is 1.45. The zero-order chi connectivity index (χ0) is 23.2. The molecule has 2 heterocycles. The van der Waals surface area contributed by atoms with Gasteiger partial charge in [0.2, 0.25) is 5.91 Å². The third-order valence-corrected chi connectivity index (χ3v) is 5.90. The van der Waals surface area contributed by atoms with E-state index >= 15 is 0 Å². The Labute approximate surface area is 194 Å². The third kappa shape index (κ3) is 6.21. The lowest BCUT2D eigenvalue weighted by molar-refractivity contribution is -0.119. The normalized spacial score (nSPS) is 12.8. The molecule has 4 rings (SSSR count). The third-order valence-electron chi connectivity index (χ3n) is 5.04. The molecule has 0 saturated carbocycles. The summed E-state index contributed by atoms with van der Waals surface area (Å²) in [5, 5.41) is 1.98. The van der Waals surface area contributed by atoms with E-state index in [9.17, 15) is 13.6 Å². The largest absolute Gasteiger partial charge is 0.486 e. The topological polar surface area (TPSA) is 51.2 Å². The number of halogens is 2. The lowest BCUT2D eigenvalue weighted by atomic mass is 10.2. The molecule has 0 bridgehead atoms. The molecule has 33 heavy (non-hydrogen) atoms. The molecule has 2 aromatic carbocycles. The summed E-state index contributed by atoms with van der Waals surface area (Å²) in [4.78, 5) is 18.0. The number of nitrogens with zero attached hydrogens (tertiary/aromatic N) is 2. The highest BCUT2D eigenvalue weighted by Gasteiger charge is 2.21. The number of carbonyl (C=O) groups is 1. The van der Waals surface area contributed by atoms with Crippen LogP contribution >= 0.6 is 11.3 Å². The second-order valence-corrected chi connectivity index (χ2v) is 8.61. The number of benzene rings is 2. The van der Waals surface area contributed by atoms with Crippen LogP contribution in [0.5, 0.6) is 17.2 Å². The molecule has 3 aromatic rings. The summed E-state index contributed by atoms with van der Waals surface area (Å²) in [5.41, 5.74) is 1.62. The Morgan fingerprint density at radius 2 is 1.82 bits per heavy atom. The molecule has 0 atom stereocenters. The first kappa shape index (κ1) is 23.0. The van der Waals surface area contributed by atoms with Crippen LogP contribution < -0.4 is 19.1 Å². The summed E-state index contributed by atoms with van der Waals surface area (Å²) in [6.45, 7) is -0.775. The van der Waals surface area contributed by atoms with Crippen LogP contribution in [0.25, 0.3) is 0 Å². The molecule has 0 unspecified atom stereocenters. The van der Waals surface area contributed by atoms with E-state index < -0.39 is 6.61 Å². The highest BCUT2D eigenvalue weighted by atomic mass is 32.1. The fourth-order valence-corrected chi connectivity index (χ4v) is 4.23. The lowest BCUT2D eigenvalue weighted by Gasteiger charge is -2.27. The number of carbonyl (C=O) groups excluding carboxylic acids is 1. The van der Waals surface area contributed by atoms with Crippen LogP contribution in [-0.2, 0) is 17.9 Å². The first-order valence-electron chi connectivity index (χ1n) is 10.4. The highest BCUT2D eigenvalue weighted by Crippen LogP contribution is 2.34. The van der Waals surface area contributed by atoms with Crippen molar-refractivity contribution in [3.05, 3.63) is 70.4 Å². The molecule has 1 amide bonds. The molecular weight excluding hydrogens is 450 g/mol. The van der Waals surface area contributed by atoms with Crippen molar-refractivity contribution in [3.63, 3.8) is 0 Å². The van der Waals surface area contributed by atoms with Gasteiger partial charge in [-0.05, 0) is 48.3 Å². The summed E-state index contributed by atoms with van der Waals surface area (Å²) < 4.78 is 40.3. The predicted octanol–water partition coefficient (Wildman–Crippen LogP) is 4.79. The van der Waals surface area contributed by atoms with Crippen molar-refractivity contribution in [2.45, 2.75) is 19.7 Å². The second-order valence-electron chi connectivity index (χ2n) is 7.58. The first-order chi connectivity index (χ1) is 16.0. The van der Waals surface area contributed by atoms with E-state index in [1.54, 1.807) is 28.4 Å². The number of ether oxygens (including phenoxy) is 3. The summed E-state index contributed by atoms with van der Waals surface area (Å²) in [6.07, 6.45) is 0. The van der Waals surface area contributed by atoms with Gasteiger partial charge in [0.05, 0.1) is 13.1 Å². The van der Waals surface area contributed by atoms with Gasteiger partial charge in [-0.3, -0.25) is 9.69 Å². The minimum Gasteiger partial charge on any atom is -0.486 e. The molecule has 1 aliphatic heterocycles. The summed E-state index contributed by atoms with van der Waals surface area (Å²) in [7, 11) is 1.84. The van der Waals surface area contributed by atoms with Crippen LogP contribution in [-0.4, -0.2) is 44.2 Å². The average molecular weight is 475 g/mol. The molecule has 9 heteroatoms. The van der Waals surface area contributed by atoms with Crippen molar-refractivity contribution in [1.29, 1.82) is 0 Å². The van der Waals surface area contributed by atoms with Crippen molar-refractivity contribution in [1.82, 2.24) is 4.90 Å². The maximum atomic E-state index is 13.3. The van der Waals surface area contributed by atoms with E-state index in [1.165, 1.54) is 12.1 Å². The molecule has 0 fully saturated rings. The molecular formula is C24H24F2N2O4S. The smallest absolute Gasteiger partial charge is 0.387 e. The number of hydrogen-bond acceptors (Lipinski definition) is 6. The van der Waals surface area contributed by atoms with Gasteiger partial charge in [-0.2, -0.15) is 8.78 Å². The molecule has 0 saturated heterocycles. The van der Waals surface area contributed by atoms with E-state index in [0.29, 0.717) is 37.8 Å². The van der Waals surface area contributed by atoms with Gasteiger partial charge >= 0.3 is 6.61 Å². The van der Waals surface area contributed by atoms with Gasteiger partial charge in [0, 0.05) is 23.2 Å². The molecule has 0 aliphatic carbocycles. The zero-order valence-corrected chi connectivity index (χ0v) is 18.9. The summed E-state index contributed by atoms with van der Waals surface area (Å²) >= 11 is 1.59. The van der Waals surface area contributed by atoms with E-state index in [4.69, 9.17) is 9.47 Å². The number of hydrogen-bond donors (Lipinski definition) is 0. The van der Waals surface area contributed by atoms with E-state index in [-0.39, 0.29) is 18.2 Å². The SMILES string of the molecule is CN(CC(=O)N(Cc1cccs1)c1ccc2c(c1)OCCO2)Cc1ccc(OC(F)F)cc1. The number of amides is 1. The van der Waals surface area contributed by atoms with Crippen molar-refractivity contribution in [2.75, 3.05) is 31.7 Å². The standard InChI is InChI=1S/C24H24F2N2O4S/c1-27(14-17-4-7-19(8-5-17)32-24(25)26)16-23(29)28(15-20-3-2-12-33-20)18-6-9-21-22(13-18)31-11-10-30-21/h2-9,12-13,24H,10-11,14-16H2,1H3. The summed E-state index contributed by atoms with van der Waals surface area (Å²) in [5.74, 6) is 1.33.